The third-order valence-electron chi connectivity index (χ3n) is 6.04. The van der Waals surface area contributed by atoms with Crippen LogP contribution >= 0.6 is 12.4 Å². The molecule has 39 heavy (non-hydrogen) atoms. The van der Waals surface area contributed by atoms with Crippen LogP contribution in [0.25, 0.3) is 11.1 Å². The Balaban J connectivity index is 0.00000353. The molecule has 5 aromatic rings. The molecule has 2 N–H and O–H groups in total. The van der Waals surface area contributed by atoms with Crippen LogP contribution in [0.15, 0.2) is 121 Å². The zero-order valence-electron chi connectivity index (χ0n) is 21.5. The highest BCUT2D eigenvalue weighted by molar-refractivity contribution is 5.85. The summed E-state index contributed by atoms with van der Waals surface area (Å²) in [5.41, 5.74) is 12.0. The Bertz CT molecular complexity index is 1450. The fourth-order valence-electron chi connectivity index (χ4n) is 4.05. The molecule has 1 heterocycles. The molecule has 5 rings (SSSR count). The lowest BCUT2D eigenvalue weighted by molar-refractivity contribution is 0.268. The molecule has 0 fully saturated rings. The van der Waals surface area contributed by atoms with Crippen molar-refractivity contribution < 1.29 is 14.2 Å². The maximum Gasteiger partial charge on any atom is 0.225 e. The van der Waals surface area contributed by atoms with Crippen LogP contribution in [0.4, 0.5) is 0 Å². The number of aromatic nitrogens is 1. The van der Waals surface area contributed by atoms with Crippen molar-refractivity contribution in [1.29, 1.82) is 0 Å². The zero-order chi connectivity index (χ0) is 26.0. The lowest BCUT2D eigenvalue weighted by atomic mass is 10.0. The normalized spacial score (nSPS) is 10.4. The van der Waals surface area contributed by atoms with Crippen LogP contribution < -0.4 is 19.9 Å². The standard InChI is InChI=1S/C33H30N2O3.ClH/c34-21-28-18-29(20-30(19-28)36-22-25-10-4-1-5-11-25)31-16-17-32(37-23-26-12-6-2-7-13-26)35-33(31)38-24-27-14-8-3-9-15-27;/h1-20H,21-24,34H2;1H. The summed E-state index contributed by atoms with van der Waals surface area (Å²) in [5, 5.41) is 0. The molecule has 0 aliphatic heterocycles. The Labute approximate surface area is 235 Å². The summed E-state index contributed by atoms with van der Waals surface area (Å²) in [6, 6.07) is 40.0. The maximum absolute atomic E-state index is 6.25. The van der Waals surface area contributed by atoms with Gasteiger partial charge in [-0.05, 0) is 52.1 Å². The van der Waals surface area contributed by atoms with Gasteiger partial charge in [0.1, 0.15) is 25.6 Å². The maximum atomic E-state index is 6.25. The smallest absolute Gasteiger partial charge is 0.225 e. The molecule has 4 aromatic carbocycles. The molecule has 0 amide bonds. The van der Waals surface area contributed by atoms with Crippen LogP contribution in [0.2, 0.25) is 0 Å². The van der Waals surface area contributed by atoms with Gasteiger partial charge in [0.2, 0.25) is 11.8 Å². The van der Waals surface area contributed by atoms with E-state index in [9.17, 15) is 0 Å². The first-order valence-corrected chi connectivity index (χ1v) is 12.6. The van der Waals surface area contributed by atoms with Gasteiger partial charge in [0.05, 0.1) is 0 Å². The van der Waals surface area contributed by atoms with Gasteiger partial charge in [-0.3, -0.25) is 0 Å². The van der Waals surface area contributed by atoms with E-state index in [0.29, 0.717) is 38.1 Å². The SMILES string of the molecule is Cl.NCc1cc(OCc2ccccc2)cc(-c2ccc(OCc3ccccc3)nc2OCc2ccccc2)c1. The molecule has 0 radical (unpaired) electrons. The van der Waals surface area contributed by atoms with Crippen molar-refractivity contribution in [3.63, 3.8) is 0 Å². The summed E-state index contributed by atoms with van der Waals surface area (Å²) in [6.07, 6.45) is 0. The first-order chi connectivity index (χ1) is 18.8. The van der Waals surface area contributed by atoms with Crippen LogP contribution in [0.1, 0.15) is 22.3 Å². The average Bonchev–Trinajstić information content (AvgIpc) is 2.99. The molecule has 0 aliphatic carbocycles. The molecule has 198 valence electrons. The van der Waals surface area contributed by atoms with Crippen LogP contribution in [0, 0.1) is 0 Å². The van der Waals surface area contributed by atoms with Crippen molar-refractivity contribution in [2.45, 2.75) is 26.4 Å². The van der Waals surface area contributed by atoms with Gasteiger partial charge in [0.15, 0.2) is 0 Å². The monoisotopic (exact) mass is 538 g/mol. The third-order valence-corrected chi connectivity index (χ3v) is 6.04. The van der Waals surface area contributed by atoms with Gasteiger partial charge in [0, 0.05) is 18.2 Å². The van der Waals surface area contributed by atoms with Gasteiger partial charge >= 0.3 is 0 Å². The summed E-state index contributed by atoms with van der Waals surface area (Å²) in [6.45, 7) is 1.67. The molecule has 5 nitrogen and oxygen atoms in total. The van der Waals surface area contributed by atoms with Crippen molar-refractivity contribution in [1.82, 2.24) is 4.98 Å². The van der Waals surface area contributed by atoms with Gasteiger partial charge in [-0.15, -0.1) is 12.4 Å². The number of rotatable bonds is 11. The van der Waals surface area contributed by atoms with Crippen molar-refractivity contribution in [2.24, 2.45) is 5.73 Å². The highest BCUT2D eigenvalue weighted by Crippen LogP contribution is 2.34. The molecule has 1 aromatic heterocycles. The molecule has 0 spiro atoms. The minimum absolute atomic E-state index is 0. The van der Waals surface area contributed by atoms with E-state index in [-0.39, 0.29) is 12.4 Å². The van der Waals surface area contributed by atoms with E-state index >= 15 is 0 Å². The Morgan fingerprint density at radius 2 is 1.08 bits per heavy atom. The topological polar surface area (TPSA) is 66.6 Å². The number of hydrogen-bond donors (Lipinski definition) is 1. The number of ether oxygens (including phenoxy) is 3. The van der Waals surface area contributed by atoms with E-state index in [1.807, 2.05) is 121 Å². The first-order valence-electron chi connectivity index (χ1n) is 12.6. The third kappa shape index (κ3) is 7.84. The fourth-order valence-corrected chi connectivity index (χ4v) is 4.05. The van der Waals surface area contributed by atoms with E-state index < -0.39 is 0 Å². The second-order valence-corrected chi connectivity index (χ2v) is 8.89. The van der Waals surface area contributed by atoms with Gasteiger partial charge in [-0.2, -0.15) is 4.98 Å². The van der Waals surface area contributed by atoms with Crippen LogP contribution in [-0.2, 0) is 26.4 Å². The molecule has 0 atom stereocenters. The second kappa shape index (κ2) is 14.0. The van der Waals surface area contributed by atoms with Crippen LogP contribution in [-0.4, -0.2) is 4.98 Å². The van der Waals surface area contributed by atoms with E-state index in [2.05, 4.69) is 0 Å². The van der Waals surface area contributed by atoms with Crippen LogP contribution in [0.5, 0.6) is 17.5 Å². The van der Waals surface area contributed by atoms with E-state index in [0.717, 1.165) is 39.1 Å². The van der Waals surface area contributed by atoms with Crippen LogP contribution in [0.3, 0.4) is 0 Å². The summed E-state index contributed by atoms with van der Waals surface area (Å²) in [4.78, 5) is 4.74. The molecular formula is C33H31ClN2O3. The fraction of sp³-hybridized carbons (Fsp3) is 0.121. The Morgan fingerprint density at radius 3 is 1.64 bits per heavy atom. The molecular weight excluding hydrogens is 508 g/mol. The molecule has 6 heteroatoms. The lowest BCUT2D eigenvalue weighted by Gasteiger charge is -2.15. The predicted octanol–water partition coefficient (Wildman–Crippen LogP) is 7.37. The van der Waals surface area contributed by atoms with Gasteiger partial charge in [0.25, 0.3) is 0 Å². The quantitative estimate of drug-likeness (QED) is 0.190. The lowest BCUT2D eigenvalue weighted by Crippen LogP contribution is -2.03. The number of halogens is 1. The number of benzene rings is 4. The number of nitrogens with zero attached hydrogens (tertiary/aromatic N) is 1. The number of pyridine rings is 1. The van der Waals surface area contributed by atoms with E-state index in [1.54, 1.807) is 0 Å². The Kier molecular flexibility index (Phi) is 9.95. The zero-order valence-corrected chi connectivity index (χ0v) is 22.3. The Morgan fingerprint density at radius 1 is 0.538 bits per heavy atom. The molecule has 0 unspecified atom stereocenters. The van der Waals surface area contributed by atoms with Gasteiger partial charge in [-0.1, -0.05) is 91.0 Å². The van der Waals surface area contributed by atoms with Gasteiger partial charge in [-0.25, -0.2) is 0 Å². The number of hydrogen-bond acceptors (Lipinski definition) is 5. The van der Waals surface area contributed by atoms with Crippen molar-refractivity contribution >= 4 is 12.4 Å². The minimum atomic E-state index is 0. The highest BCUT2D eigenvalue weighted by Gasteiger charge is 2.14. The summed E-state index contributed by atoms with van der Waals surface area (Å²) in [5.74, 6) is 1.73. The predicted molar refractivity (Wildman–Crippen MR) is 157 cm³/mol. The number of nitrogens with two attached hydrogens (primary N) is 1. The first kappa shape index (κ1) is 27.7. The van der Waals surface area contributed by atoms with Crippen molar-refractivity contribution in [3.8, 4) is 28.6 Å². The molecule has 0 saturated carbocycles. The summed E-state index contributed by atoms with van der Waals surface area (Å²) in [7, 11) is 0. The van der Waals surface area contributed by atoms with Crippen molar-refractivity contribution in [2.75, 3.05) is 0 Å². The second-order valence-electron chi connectivity index (χ2n) is 8.89. The molecule has 0 saturated heterocycles. The molecule has 0 aliphatic rings. The Hall–Kier alpha value is -4.32. The van der Waals surface area contributed by atoms with E-state index in [1.165, 1.54) is 0 Å². The van der Waals surface area contributed by atoms with Crippen molar-refractivity contribution in [3.05, 3.63) is 144 Å². The highest BCUT2D eigenvalue weighted by atomic mass is 35.5. The molecule has 0 bridgehead atoms. The van der Waals surface area contributed by atoms with E-state index in [4.69, 9.17) is 24.9 Å². The summed E-state index contributed by atoms with van der Waals surface area (Å²) >= 11 is 0. The minimum Gasteiger partial charge on any atom is -0.489 e. The average molecular weight is 539 g/mol. The van der Waals surface area contributed by atoms with Gasteiger partial charge < -0.3 is 19.9 Å². The summed E-state index contributed by atoms with van der Waals surface area (Å²) < 4.78 is 18.4. The largest absolute Gasteiger partial charge is 0.489 e.